The molecule has 0 spiro atoms. The smallest absolute Gasteiger partial charge is 0.120 e. The second-order valence-corrected chi connectivity index (χ2v) is 4.80. The van der Waals surface area contributed by atoms with Crippen LogP contribution in [0.25, 0.3) is 0 Å². The second kappa shape index (κ2) is 4.88. The fraction of sp³-hybridized carbons (Fsp3) is 0.571. The standard InChI is InChI=1S/C14H21NO/c1-3-12-4-6-13(7-5-12)16-14(2)8-10-15-11-9-14/h4-7,15H,3,8-11H2,1-2H3. The normalized spacial score (nSPS) is 19.4. The van der Waals surface area contributed by atoms with E-state index in [9.17, 15) is 0 Å². The third-order valence-corrected chi connectivity index (χ3v) is 3.36. The lowest BCUT2D eigenvalue weighted by Gasteiger charge is -2.34. The van der Waals surface area contributed by atoms with Crippen molar-refractivity contribution in [2.45, 2.75) is 38.7 Å². The van der Waals surface area contributed by atoms with Crippen LogP contribution in [0.3, 0.4) is 0 Å². The van der Waals surface area contributed by atoms with E-state index in [2.05, 4.69) is 43.4 Å². The Balaban J connectivity index is 2.01. The quantitative estimate of drug-likeness (QED) is 0.844. The molecule has 16 heavy (non-hydrogen) atoms. The first-order valence-electron chi connectivity index (χ1n) is 6.20. The zero-order valence-electron chi connectivity index (χ0n) is 10.3. The van der Waals surface area contributed by atoms with Crippen molar-refractivity contribution in [2.24, 2.45) is 0 Å². The van der Waals surface area contributed by atoms with E-state index in [1.807, 2.05) is 0 Å². The molecular weight excluding hydrogens is 198 g/mol. The Kier molecular flexibility index (Phi) is 3.49. The average Bonchev–Trinajstić information content (AvgIpc) is 2.30. The summed E-state index contributed by atoms with van der Waals surface area (Å²) in [6.45, 7) is 6.50. The SMILES string of the molecule is CCc1ccc(OC2(C)CCNCC2)cc1. The van der Waals surface area contributed by atoms with Crippen LogP contribution in [0.2, 0.25) is 0 Å². The van der Waals surface area contributed by atoms with Crippen LogP contribution in [0.15, 0.2) is 24.3 Å². The molecule has 0 radical (unpaired) electrons. The van der Waals surface area contributed by atoms with Gasteiger partial charge in [-0.25, -0.2) is 0 Å². The van der Waals surface area contributed by atoms with Crippen LogP contribution in [-0.4, -0.2) is 18.7 Å². The van der Waals surface area contributed by atoms with E-state index in [4.69, 9.17) is 4.74 Å². The number of nitrogens with one attached hydrogen (secondary N) is 1. The summed E-state index contributed by atoms with van der Waals surface area (Å²) >= 11 is 0. The molecule has 2 heteroatoms. The molecule has 2 nitrogen and oxygen atoms in total. The summed E-state index contributed by atoms with van der Waals surface area (Å²) in [5, 5.41) is 3.36. The van der Waals surface area contributed by atoms with E-state index in [-0.39, 0.29) is 5.60 Å². The molecule has 1 aromatic carbocycles. The summed E-state index contributed by atoms with van der Waals surface area (Å²) in [4.78, 5) is 0. The Labute approximate surface area is 98.0 Å². The second-order valence-electron chi connectivity index (χ2n) is 4.80. The molecule has 1 N–H and O–H groups in total. The summed E-state index contributed by atoms with van der Waals surface area (Å²) in [6, 6.07) is 8.48. The summed E-state index contributed by atoms with van der Waals surface area (Å²) in [5.41, 5.74) is 1.38. The molecule has 2 rings (SSSR count). The van der Waals surface area contributed by atoms with Gasteiger partial charge in [0.05, 0.1) is 0 Å². The van der Waals surface area contributed by atoms with Crippen LogP contribution in [0.1, 0.15) is 32.3 Å². The summed E-state index contributed by atoms with van der Waals surface area (Å²) in [6.07, 6.45) is 3.26. The van der Waals surface area contributed by atoms with Gasteiger partial charge >= 0.3 is 0 Å². The highest BCUT2D eigenvalue weighted by molar-refractivity contribution is 5.27. The summed E-state index contributed by atoms with van der Waals surface area (Å²) in [7, 11) is 0. The van der Waals surface area contributed by atoms with Crippen LogP contribution in [0.4, 0.5) is 0 Å². The minimum absolute atomic E-state index is 0.0129. The monoisotopic (exact) mass is 219 g/mol. The first-order valence-corrected chi connectivity index (χ1v) is 6.20. The predicted octanol–water partition coefficient (Wildman–Crippen LogP) is 2.77. The van der Waals surface area contributed by atoms with Crippen molar-refractivity contribution in [3.05, 3.63) is 29.8 Å². The van der Waals surface area contributed by atoms with Gasteiger partial charge in [-0.2, -0.15) is 0 Å². The molecule has 1 aliphatic rings. The Morgan fingerprint density at radius 3 is 2.38 bits per heavy atom. The fourth-order valence-electron chi connectivity index (χ4n) is 2.14. The van der Waals surface area contributed by atoms with Crippen LogP contribution in [-0.2, 0) is 6.42 Å². The van der Waals surface area contributed by atoms with E-state index in [0.29, 0.717) is 0 Å². The number of ether oxygens (including phenoxy) is 1. The molecule has 0 saturated carbocycles. The van der Waals surface area contributed by atoms with Gasteiger partial charge in [0.1, 0.15) is 11.4 Å². The number of hydrogen-bond acceptors (Lipinski definition) is 2. The first-order chi connectivity index (χ1) is 7.72. The number of hydrogen-bond donors (Lipinski definition) is 1. The van der Waals surface area contributed by atoms with Crippen molar-refractivity contribution in [1.29, 1.82) is 0 Å². The van der Waals surface area contributed by atoms with Crippen molar-refractivity contribution >= 4 is 0 Å². The van der Waals surface area contributed by atoms with Gasteiger partial charge in [-0.05, 0) is 57.0 Å². The topological polar surface area (TPSA) is 21.3 Å². The minimum Gasteiger partial charge on any atom is -0.487 e. The Morgan fingerprint density at radius 2 is 1.81 bits per heavy atom. The molecule has 1 saturated heterocycles. The fourth-order valence-corrected chi connectivity index (χ4v) is 2.14. The van der Waals surface area contributed by atoms with Crippen molar-refractivity contribution in [2.75, 3.05) is 13.1 Å². The molecule has 0 unspecified atom stereocenters. The molecule has 88 valence electrons. The van der Waals surface area contributed by atoms with Gasteiger partial charge in [-0.3, -0.25) is 0 Å². The largest absolute Gasteiger partial charge is 0.487 e. The molecule has 0 aliphatic carbocycles. The zero-order chi connectivity index (χ0) is 11.4. The van der Waals surface area contributed by atoms with Crippen LogP contribution in [0.5, 0.6) is 5.75 Å². The van der Waals surface area contributed by atoms with Gasteiger partial charge < -0.3 is 10.1 Å². The molecule has 1 fully saturated rings. The van der Waals surface area contributed by atoms with E-state index >= 15 is 0 Å². The molecule has 0 amide bonds. The van der Waals surface area contributed by atoms with Gasteiger partial charge in [-0.15, -0.1) is 0 Å². The molecule has 1 heterocycles. The number of aryl methyl sites for hydroxylation is 1. The molecule has 0 aromatic heterocycles. The Hall–Kier alpha value is -1.02. The van der Waals surface area contributed by atoms with Gasteiger partial charge in [0, 0.05) is 0 Å². The highest BCUT2D eigenvalue weighted by Gasteiger charge is 2.28. The van der Waals surface area contributed by atoms with Crippen LogP contribution >= 0.6 is 0 Å². The lowest BCUT2D eigenvalue weighted by Crippen LogP contribution is -2.43. The van der Waals surface area contributed by atoms with Gasteiger partial charge in [0.25, 0.3) is 0 Å². The zero-order valence-corrected chi connectivity index (χ0v) is 10.3. The first kappa shape index (κ1) is 11.5. The van der Waals surface area contributed by atoms with Crippen molar-refractivity contribution in [3.8, 4) is 5.75 Å². The molecule has 1 aromatic rings. The van der Waals surface area contributed by atoms with E-state index in [1.54, 1.807) is 0 Å². The summed E-state index contributed by atoms with van der Waals surface area (Å²) < 4.78 is 6.10. The molecule has 1 aliphatic heterocycles. The van der Waals surface area contributed by atoms with Crippen molar-refractivity contribution in [1.82, 2.24) is 5.32 Å². The lowest BCUT2D eigenvalue weighted by atomic mass is 9.94. The maximum Gasteiger partial charge on any atom is 0.120 e. The van der Waals surface area contributed by atoms with E-state index in [1.165, 1.54) is 5.56 Å². The summed E-state index contributed by atoms with van der Waals surface area (Å²) in [5.74, 6) is 1.00. The van der Waals surface area contributed by atoms with Gasteiger partial charge in [-0.1, -0.05) is 19.1 Å². The maximum atomic E-state index is 6.10. The number of rotatable bonds is 3. The van der Waals surface area contributed by atoms with Crippen molar-refractivity contribution < 1.29 is 4.74 Å². The van der Waals surface area contributed by atoms with Crippen LogP contribution < -0.4 is 10.1 Å². The number of piperidine rings is 1. The predicted molar refractivity (Wildman–Crippen MR) is 67.0 cm³/mol. The Morgan fingerprint density at radius 1 is 1.19 bits per heavy atom. The minimum atomic E-state index is 0.0129. The third-order valence-electron chi connectivity index (χ3n) is 3.36. The van der Waals surface area contributed by atoms with Crippen LogP contribution in [0, 0.1) is 0 Å². The van der Waals surface area contributed by atoms with E-state index in [0.717, 1.165) is 38.1 Å². The molecule has 0 bridgehead atoms. The maximum absolute atomic E-state index is 6.10. The average molecular weight is 219 g/mol. The number of benzene rings is 1. The van der Waals surface area contributed by atoms with E-state index < -0.39 is 0 Å². The molecular formula is C14H21NO. The third kappa shape index (κ3) is 2.76. The van der Waals surface area contributed by atoms with Crippen molar-refractivity contribution in [3.63, 3.8) is 0 Å². The Bertz CT molecular complexity index is 325. The van der Waals surface area contributed by atoms with Gasteiger partial charge in [0.2, 0.25) is 0 Å². The molecule has 0 atom stereocenters. The highest BCUT2D eigenvalue weighted by atomic mass is 16.5. The highest BCUT2D eigenvalue weighted by Crippen LogP contribution is 2.26. The van der Waals surface area contributed by atoms with Gasteiger partial charge in [0.15, 0.2) is 0 Å². The lowest BCUT2D eigenvalue weighted by molar-refractivity contribution is 0.0556.